The number of hydrogen-bond donors (Lipinski definition) is 1. The van der Waals surface area contributed by atoms with Crippen LogP contribution in [0.5, 0.6) is 5.75 Å². The molecular weight excluding hydrogens is 366 g/mol. The number of para-hydroxylation sites is 1. The van der Waals surface area contributed by atoms with E-state index < -0.39 is 0 Å². The molecule has 0 amide bonds. The first kappa shape index (κ1) is 19.5. The highest BCUT2D eigenvalue weighted by Gasteiger charge is 2.35. The number of H-pyrrole nitrogens is 1. The SMILES string of the molecule is COc1cccc([C@]2(C)CCN(CCCn3c(=O)[nH]c4ccccc4c3=O)C2)c1. The molecule has 29 heavy (non-hydrogen) atoms. The molecule has 1 aliphatic heterocycles. The van der Waals surface area contributed by atoms with Gasteiger partial charge in [-0.3, -0.25) is 9.36 Å². The summed E-state index contributed by atoms with van der Waals surface area (Å²) in [5, 5.41) is 0.555. The number of likely N-dealkylation sites (tertiary alicyclic amines) is 1. The summed E-state index contributed by atoms with van der Waals surface area (Å²) in [5.41, 5.74) is 1.42. The monoisotopic (exact) mass is 393 g/mol. The molecule has 152 valence electrons. The van der Waals surface area contributed by atoms with Gasteiger partial charge >= 0.3 is 5.69 Å². The molecule has 3 aromatic rings. The molecule has 1 aliphatic rings. The summed E-state index contributed by atoms with van der Waals surface area (Å²) in [4.78, 5) is 30.2. The number of aromatic amines is 1. The Morgan fingerprint density at radius 3 is 2.76 bits per heavy atom. The average Bonchev–Trinajstić information content (AvgIpc) is 3.13. The number of nitrogens with zero attached hydrogens (tertiary/aromatic N) is 2. The Balaban J connectivity index is 1.42. The van der Waals surface area contributed by atoms with Gasteiger partial charge in [-0.25, -0.2) is 4.79 Å². The first-order valence-electron chi connectivity index (χ1n) is 10.1. The number of methoxy groups -OCH3 is 1. The first-order valence-corrected chi connectivity index (χ1v) is 10.1. The summed E-state index contributed by atoms with van der Waals surface area (Å²) in [7, 11) is 1.69. The van der Waals surface area contributed by atoms with E-state index in [4.69, 9.17) is 4.74 Å². The molecule has 0 unspecified atom stereocenters. The Morgan fingerprint density at radius 1 is 1.10 bits per heavy atom. The Hall–Kier alpha value is -2.86. The van der Waals surface area contributed by atoms with Crippen molar-refractivity contribution in [1.29, 1.82) is 0 Å². The van der Waals surface area contributed by atoms with Crippen molar-refractivity contribution in [1.82, 2.24) is 14.5 Å². The van der Waals surface area contributed by atoms with E-state index in [2.05, 4.69) is 28.9 Å². The van der Waals surface area contributed by atoms with Gasteiger partial charge in [0.15, 0.2) is 0 Å². The summed E-state index contributed by atoms with van der Waals surface area (Å²) in [6.45, 7) is 5.55. The molecule has 0 aliphatic carbocycles. The predicted octanol–water partition coefficient (Wildman–Crippen LogP) is 2.75. The lowest BCUT2D eigenvalue weighted by Gasteiger charge is -2.26. The minimum absolute atomic E-state index is 0.0891. The molecule has 1 saturated heterocycles. The lowest BCUT2D eigenvalue weighted by molar-refractivity contribution is 0.303. The van der Waals surface area contributed by atoms with Gasteiger partial charge in [0.25, 0.3) is 5.56 Å². The van der Waals surface area contributed by atoms with Crippen LogP contribution in [0.2, 0.25) is 0 Å². The number of benzene rings is 2. The fraction of sp³-hybridized carbons (Fsp3) is 0.391. The number of ether oxygens (including phenoxy) is 1. The molecule has 1 aromatic heterocycles. The number of aromatic nitrogens is 2. The summed E-state index contributed by atoms with van der Waals surface area (Å²) < 4.78 is 6.69. The lowest BCUT2D eigenvalue weighted by atomic mass is 9.82. The molecule has 0 bridgehead atoms. The van der Waals surface area contributed by atoms with E-state index in [0.29, 0.717) is 17.4 Å². The second-order valence-corrected chi connectivity index (χ2v) is 8.10. The summed E-state index contributed by atoms with van der Waals surface area (Å²) in [6.07, 6.45) is 1.84. The van der Waals surface area contributed by atoms with Gasteiger partial charge in [-0.05, 0) is 55.8 Å². The zero-order chi connectivity index (χ0) is 20.4. The quantitative estimate of drug-likeness (QED) is 0.699. The van der Waals surface area contributed by atoms with Crippen molar-refractivity contribution in [3.63, 3.8) is 0 Å². The van der Waals surface area contributed by atoms with Gasteiger partial charge < -0.3 is 14.6 Å². The van der Waals surface area contributed by atoms with Crippen LogP contribution in [0, 0.1) is 0 Å². The van der Waals surface area contributed by atoms with E-state index in [-0.39, 0.29) is 16.7 Å². The predicted molar refractivity (Wildman–Crippen MR) is 115 cm³/mol. The van der Waals surface area contributed by atoms with Crippen molar-refractivity contribution in [2.24, 2.45) is 0 Å². The van der Waals surface area contributed by atoms with Crippen molar-refractivity contribution in [3.05, 3.63) is 74.9 Å². The van der Waals surface area contributed by atoms with Crippen LogP contribution in [0.25, 0.3) is 10.9 Å². The topological polar surface area (TPSA) is 67.3 Å². The van der Waals surface area contributed by atoms with Crippen LogP contribution < -0.4 is 16.0 Å². The number of fused-ring (bicyclic) bond motifs is 1. The molecule has 6 heteroatoms. The molecule has 2 heterocycles. The highest BCUT2D eigenvalue weighted by atomic mass is 16.5. The molecule has 0 saturated carbocycles. The minimum atomic E-state index is -0.337. The standard InChI is InChI=1S/C23H27N3O3/c1-23(17-7-5-8-18(15-17)29-2)11-14-25(16-23)12-6-13-26-21(27)19-9-3-4-10-20(19)24-22(26)28/h3-5,7-10,15H,6,11-14,16H2,1-2H3,(H,24,28)/t23-/m1/s1. The smallest absolute Gasteiger partial charge is 0.328 e. The Bertz CT molecular complexity index is 1130. The third-order valence-electron chi connectivity index (χ3n) is 6.06. The van der Waals surface area contributed by atoms with Crippen molar-refractivity contribution in [2.75, 3.05) is 26.7 Å². The summed E-state index contributed by atoms with van der Waals surface area (Å²) >= 11 is 0. The third kappa shape index (κ3) is 3.85. The van der Waals surface area contributed by atoms with E-state index in [1.54, 1.807) is 19.2 Å². The fourth-order valence-electron chi connectivity index (χ4n) is 4.34. The van der Waals surface area contributed by atoms with Crippen LogP contribution in [-0.4, -0.2) is 41.2 Å². The molecule has 4 rings (SSSR count). The molecule has 6 nitrogen and oxygen atoms in total. The van der Waals surface area contributed by atoms with Crippen LogP contribution in [0.1, 0.15) is 25.3 Å². The molecule has 1 atom stereocenters. The number of nitrogens with one attached hydrogen (secondary N) is 1. The third-order valence-corrected chi connectivity index (χ3v) is 6.06. The highest BCUT2D eigenvalue weighted by molar-refractivity contribution is 5.76. The number of hydrogen-bond acceptors (Lipinski definition) is 4. The maximum atomic E-state index is 12.6. The van der Waals surface area contributed by atoms with Crippen molar-refractivity contribution in [3.8, 4) is 5.75 Å². The van der Waals surface area contributed by atoms with E-state index >= 15 is 0 Å². The lowest BCUT2D eigenvalue weighted by Crippen LogP contribution is -2.36. The average molecular weight is 393 g/mol. The van der Waals surface area contributed by atoms with Gasteiger partial charge in [0.05, 0.1) is 18.0 Å². The molecule has 0 radical (unpaired) electrons. The van der Waals surface area contributed by atoms with Gasteiger partial charge in [-0.1, -0.05) is 31.2 Å². The van der Waals surface area contributed by atoms with E-state index in [1.807, 2.05) is 24.3 Å². The zero-order valence-electron chi connectivity index (χ0n) is 17.0. The van der Waals surface area contributed by atoms with Gasteiger partial charge in [-0.15, -0.1) is 0 Å². The van der Waals surface area contributed by atoms with Crippen molar-refractivity contribution >= 4 is 10.9 Å². The van der Waals surface area contributed by atoms with Crippen molar-refractivity contribution in [2.45, 2.75) is 31.7 Å². The Kier molecular flexibility index (Phi) is 5.28. The Morgan fingerprint density at radius 2 is 1.93 bits per heavy atom. The summed E-state index contributed by atoms with van der Waals surface area (Å²) in [6, 6.07) is 15.4. The number of rotatable bonds is 6. The van der Waals surface area contributed by atoms with Crippen LogP contribution in [-0.2, 0) is 12.0 Å². The molecule has 1 fully saturated rings. The van der Waals surface area contributed by atoms with Gasteiger partial charge in [0.2, 0.25) is 0 Å². The normalized spacial score (nSPS) is 19.7. The maximum absolute atomic E-state index is 12.6. The van der Waals surface area contributed by atoms with Crippen molar-refractivity contribution < 1.29 is 4.74 Å². The van der Waals surface area contributed by atoms with Crippen LogP contribution in [0.3, 0.4) is 0 Å². The summed E-state index contributed by atoms with van der Waals surface area (Å²) in [5.74, 6) is 0.886. The molecular formula is C23H27N3O3. The highest BCUT2D eigenvalue weighted by Crippen LogP contribution is 2.35. The maximum Gasteiger partial charge on any atom is 0.328 e. The molecule has 2 aromatic carbocycles. The molecule has 1 N–H and O–H groups in total. The minimum Gasteiger partial charge on any atom is -0.497 e. The first-order chi connectivity index (χ1) is 14.0. The zero-order valence-corrected chi connectivity index (χ0v) is 17.0. The van der Waals surface area contributed by atoms with E-state index in [1.165, 1.54) is 10.1 Å². The van der Waals surface area contributed by atoms with Crippen LogP contribution in [0.15, 0.2) is 58.1 Å². The van der Waals surface area contributed by atoms with Gasteiger partial charge in [-0.2, -0.15) is 0 Å². The van der Waals surface area contributed by atoms with Crippen LogP contribution in [0.4, 0.5) is 0 Å². The largest absolute Gasteiger partial charge is 0.497 e. The Labute approximate surface area is 169 Å². The van der Waals surface area contributed by atoms with E-state index in [9.17, 15) is 9.59 Å². The van der Waals surface area contributed by atoms with Gasteiger partial charge in [0.1, 0.15) is 5.75 Å². The van der Waals surface area contributed by atoms with Gasteiger partial charge in [0, 0.05) is 18.5 Å². The fourth-order valence-corrected chi connectivity index (χ4v) is 4.34. The second kappa shape index (κ2) is 7.87. The van der Waals surface area contributed by atoms with E-state index in [0.717, 1.165) is 38.2 Å². The second-order valence-electron chi connectivity index (χ2n) is 8.10. The van der Waals surface area contributed by atoms with Crippen LogP contribution >= 0.6 is 0 Å². The molecule has 0 spiro atoms.